The van der Waals surface area contributed by atoms with Gasteiger partial charge in [0.1, 0.15) is 5.82 Å². The van der Waals surface area contributed by atoms with E-state index in [9.17, 15) is 9.59 Å². The molecule has 0 bridgehead atoms. The van der Waals surface area contributed by atoms with Gasteiger partial charge in [0.05, 0.1) is 24.1 Å². The first-order valence-corrected chi connectivity index (χ1v) is 10.1. The number of para-hydroxylation sites is 1. The van der Waals surface area contributed by atoms with Gasteiger partial charge in [0.25, 0.3) is 11.5 Å². The van der Waals surface area contributed by atoms with Gasteiger partial charge in [0.15, 0.2) is 0 Å². The second-order valence-corrected chi connectivity index (χ2v) is 7.19. The van der Waals surface area contributed by atoms with Crippen molar-refractivity contribution in [2.45, 2.75) is 6.54 Å². The molecule has 1 heterocycles. The van der Waals surface area contributed by atoms with Crippen LogP contribution >= 0.6 is 0 Å². The Hall–Kier alpha value is -3.77. The first kappa shape index (κ1) is 20.5. The average Bonchev–Trinajstić information content (AvgIpc) is 2.82. The summed E-state index contributed by atoms with van der Waals surface area (Å²) < 4.78 is 5.18. The second kappa shape index (κ2) is 9.36. The predicted octanol–water partition coefficient (Wildman–Crippen LogP) is 3.88. The Balaban J connectivity index is 1.59. The van der Waals surface area contributed by atoms with Crippen molar-refractivity contribution in [3.05, 3.63) is 101 Å². The van der Waals surface area contributed by atoms with Crippen LogP contribution in [0.2, 0.25) is 0 Å². The van der Waals surface area contributed by atoms with Crippen LogP contribution in [0.25, 0.3) is 22.0 Å². The molecule has 1 aromatic heterocycles. The van der Waals surface area contributed by atoms with E-state index in [0.717, 1.165) is 11.1 Å². The Labute approximate surface area is 180 Å². The smallest absolute Gasteiger partial charge is 0.258 e. The van der Waals surface area contributed by atoms with Gasteiger partial charge in [-0.05, 0) is 35.4 Å². The van der Waals surface area contributed by atoms with Crippen LogP contribution in [-0.2, 0) is 11.3 Å². The van der Waals surface area contributed by atoms with Crippen LogP contribution in [0.15, 0.2) is 83.7 Å². The Morgan fingerprint density at radius 1 is 0.935 bits per heavy atom. The molecule has 4 rings (SSSR count). The molecule has 0 unspecified atom stereocenters. The van der Waals surface area contributed by atoms with Crippen molar-refractivity contribution in [2.75, 3.05) is 20.3 Å². The monoisotopic (exact) mass is 413 g/mol. The van der Waals surface area contributed by atoms with Gasteiger partial charge in [-0.1, -0.05) is 54.6 Å². The van der Waals surface area contributed by atoms with E-state index in [-0.39, 0.29) is 18.0 Å². The zero-order valence-corrected chi connectivity index (χ0v) is 17.2. The van der Waals surface area contributed by atoms with Gasteiger partial charge in [0.2, 0.25) is 0 Å². The van der Waals surface area contributed by atoms with Gasteiger partial charge in [0, 0.05) is 19.2 Å². The van der Waals surface area contributed by atoms with Gasteiger partial charge in [-0.2, -0.15) is 0 Å². The topological polar surface area (TPSA) is 75.3 Å². The number of aromatic nitrogens is 2. The third kappa shape index (κ3) is 4.70. The summed E-state index contributed by atoms with van der Waals surface area (Å²) in [6.07, 6.45) is 0. The minimum Gasteiger partial charge on any atom is -0.383 e. The molecule has 4 aromatic rings. The molecule has 6 nitrogen and oxygen atoms in total. The molecule has 31 heavy (non-hydrogen) atoms. The SMILES string of the molecule is COCCN(Cc1nc2ccccc2c(=O)[nH]1)C(=O)c1ccc(-c2ccccc2)cc1. The number of H-pyrrole nitrogens is 1. The van der Waals surface area contributed by atoms with E-state index >= 15 is 0 Å². The maximum absolute atomic E-state index is 13.2. The van der Waals surface area contributed by atoms with E-state index in [1.807, 2.05) is 60.7 Å². The highest BCUT2D eigenvalue weighted by atomic mass is 16.5. The Kier molecular flexibility index (Phi) is 6.19. The molecule has 0 aliphatic carbocycles. The molecule has 0 aliphatic heterocycles. The minimum absolute atomic E-state index is 0.146. The number of fused-ring (bicyclic) bond motifs is 1. The van der Waals surface area contributed by atoms with Crippen molar-refractivity contribution in [3.8, 4) is 11.1 Å². The summed E-state index contributed by atoms with van der Waals surface area (Å²) in [5.74, 6) is 0.293. The molecule has 0 atom stereocenters. The Bertz CT molecular complexity index is 1230. The average molecular weight is 413 g/mol. The molecule has 0 aliphatic rings. The third-order valence-corrected chi connectivity index (χ3v) is 5.09. The van der Waals surface area contributed by atoms with E-state index in [2.05, 4.69) is 9.97 Å². The molecule has 0 fully saturated rings. The van der Waals surface area contributed by atoms with E-state index in [4.69, 9.17) is 4.74 Å². The van der Waals surface area contributed by atoms with E-state index in [1.165, 1.54) is 0 Å². The standard InChI is InChI=1S/C25H23N3O3/c1-31-16-15-28(17-23-26-22-10-6-5-9-21(22)24(29)27-23)25(30)20-13-11-19(12-14-20)18-7-3-2-4-8-18/h2-14H,15-17H2,1H3,(H,26,27,29). The third-order valence-electron chi connectivity index (χ3n) is 5.09. The van der Waals surface area contributed by atoms with E-state index in [0.29, 0.717) is 35.4 Å². The number of hydrogen-bond acceptors (Lipinski definition) is 4. The number of methoxy groups -OCH3 is 1. The lowest BCUT2D eigenvalue weighted by Gasteiger charge is -2.22. The van der Waals surface area contributed by atoms with Crippen LogP contribution in [0.5, 0.6) is 0 Å². The fourth-order valence-electron chi connectivity index (χ4n) is 3.46. The Morgan fingerprint density at radius 3 is 2.35 bits per heavy atom. The highest BCUT2D eigenvalue weighted by Crippen LogP contribution is 2.20. The number of carbonyl (C=O) groups is 1. The molecule has 0 saturated carbocycles. The predicted molar refractivity (Wildman–Crippen MR) is 121 cm³/mol. The Morgan fingerprint density at radius 2 is 1.61 bits per heavy atom. The number of nitrogens with zero attached hydrogens (tertiary/aromatic N) is 2. The van der Waals surface area contributed by atoms with E-state index < -0.39 is 0 Å². The van der Waals surface area contributed by atoms with Crippen molar-refractivity contribution in [3.63, 3.8) is 0 Å². The molecule has 156 valence electrons. The summed E-state index contributed by atoms with van der Waals surface area (Å²) >= 11 is 0. The maximum atomic E-state index is 13.2. The van der Waals surface area contributed by atoms with Gasteiger partial charge in [-0.3, -0.25) is 9.59 Å². The normalized spacial score (nSPS) is 10.9. The number of nitrogens with one attached hydrogen (secondary N) is 1. The molecule has 1 N–H and O–H groups in total. The summed E-state index contributed by atoms with van der Waals surface area (Å²) in [7, 11) is 1.59. The first-order chi connectivity index (χ1) is 15.2. The van der Waals surface area contributed by atoms with Crippen LogP contribution in [-0.4, -0.2) is 41.0 Å². The van der Waals surface area contributed by atoms with Crippen LogP contribution in [0, 0.1) is 0 Å². The molecule has 0 spiro atoms. The second-order valence-electron chi connectivity index (χ2n) is 7.19. The fraction of sp³-hybridized carbons (Fsp3) is 0.160. The zero-order valence-electron chi connectivity index (χ0n) is 17.2. The van der Waals surface area contributed by atoms with Crippen LogP contribution in [0.4, 0.5) is 0 Å². The lowest BCUT2D eigenvalue weighted by molar-refractivity contribution is 0.0675. The van der Waals surface area contributed by atoms with Crippen LogP contribution < -0.4 is 5.56 Å². The molecular formula is C25H23N3O3. The number of ether oxygens (including phenoxy) is 1. The lowest BCUT2D eigenvalue weighted by Crippen LogP contribution is -2.34. The van der Waals surface area contributed by atoms with Gasteiger partial charge in [-0.15, -0.1) is 0 Å². The van der Waals surface area contributed by atoms with Gasteiger partial charge in [-0.25, -0.2) is 4.98 Å². The van der Waals surface area contributed by atoms with Gasteiger partial charge < -0.3 is 14.6 Å². The van der Waals surface area contributed by atoms with Crippen LogP contribution in [0.1, 0.15) is 16.2 Å². The van der Waals surface area contributed by atoms with Crippen molar-refractivity contribution in [2.24, 2.45) is 0 Å². The number of rotatable bonds is 7. The molecule has 6 heteroatoms. The van der Waals surface area contributed by atoms with Crippen molar-refractivity contribution >= 4 is 16.8 Å². The molecule has 3 aromatic carbocycles. The molecule has 1 amide bonds. The minimum atomic E-state index is -0.216. The van der Waals surface area contributed by atoms with Crippen molar-refractivity contribution < 1.29 is 9.53 Å². The van der Waals surface area contributed by atoms with Crippen molar-refractivity contribution in [1.82, 2.24) is 14.9 Å². The number of carbonyl (C=O) groups excluding carboxylic acids is 1. The van der Waals surface area contributed by atoms with Crippen LogP contribution in [0.3, 0.4) is 0 Å². The molecule has 0 radical (unpaired) electrons. The number of hydrogen-bond donors (Lipinski definition) is 1. The largest absolute Gasteiger partial charge is 0.383 e. The molecule has 0 saturated heterocycles. The molecular weight excluding hydrogens is 390 g/mol. The van der Waals surface area contributed by atoms with Crippen molar-refractivity contribution in [1.29, 1.82) is 0 Å². The fourth-order valence-corrected chi connectivity index (χ4v) is 3.46. The first-order valence-electron chi connectivity index (χ1n) is 10.1. The number of aromatic amines is 1. The summed E-state index contributed by atoms with van der Waals surface area (Å²) in [5.41, 5.74) is 3.09. The number of benzene rings is 3. The van der Waals surface area contributed by atoms with Gasteiger partial charge >= 0.3 is 0 Å². The summed E-state index contributed by atoms with van der Waals surface area (Å²) in [6, 6.07) is 24.7. The quantitative estimate of drug-likeness (QED) is 0.499. The summed E-state index contributed by atoms with van der Waals surface area (Å²) in [4.78, 5) is 34.5. The highest BCUT2D eigenvalue weighted by Gasteiger charge is 2.18. The number of amides is 1. The maximum Gasteiger partial charge on any atom is 0.258 e. The summed E-state index contributed by atoms with van der Waals surface area (Å²) in [5, 5.41) is 0.525. The lowest BCUT2D eigenvalue weighted by atomic mass is 10.0. The van der Waals surface area contributed by atoms with E-state index in [1.54, 1.807) is 30.2 Å². The zero-order chi connectivity index (χ0) is 21.6. The summed E-state index contributed by atoms with van der Waals surface area (Å²) in [6.45, 7) is 0.945. The highest BCUT2D eigenvalue weighted by molar-refractivity contribution is 5.94.